The summed E-state index contributed by atoms with van der Waals surface area (Å²) in [5, 5.41) is 0. The quantitative estimate of drug-likeness (QED) is 0.654. The van der Waals surface area contributed by atoms with Crippen molar-refractivity contribution in [3.8, 4) is 0 Å². The third-order valence-corrected chi connectivity index (χ3v) is 5.52. The first-order chi connectivity index (χ1) is 7.28. The summed E-state index contributed by atoms with van der Waals surface area (Å²) in [5.41, 5.74) is 0.586. The van der Waals surface area contributed by atoms with E-state index in [2.05, 4.69) is 0 Å². The molecule has 0 aromatic rings. The van der Waals surface area contributed by atoms with Crippen molar-refractivity contribution < 1.29 is 9.53 Å². The maximum atomic E-state index is 12.0. The lowest BCUT2D eigenvalue weighted by Crippen LogP contribution is -2.24. The van der Waals surface area contributed by atoms with Crippen LogP contribution in [0.4, 0.5) is 0 Å². The van der Waals surface area contributed by atoms with Gasteiger partial charge in [-0.1, -0.05) is 0 Å². The number of carbonyl (C=O) groups excluding carboxylic acids is 1. The molecular formula is C13H16O2. The summed E-state index contributed by atoms with van der Waals surface area (Å²) in [4.78, 5) is 12.0. The number of hydrogen-bond acceptors (Lipinski definition) is 2. The summed E-state index contributed by atoms with van der Waals surface area (Å²) >= 11 is 0. The second-order valence-corrected chi connectivity index (χ2v) is 5.73. The number of allylic oxidation sites excluding steroid dienone is 2. The van der Waals surface area contributed by atoms with Gasteiger partial charge in [0.25, 0.3) is 0 Å². The van der Waals surface area contributed by atoms with Crippen molar-refractivity contribution in [1.29, 1.82) is 0 Å². The van der Waals surface area contributed by atoms with Crippen molar-refractivity contribution >= 4 is 5.78 Å². The zero-order valence-electron chi connectivity index (χ0n) is 9.03. The largest absolute Gasteiger partial charge is 0.501 e. The van der Waals surface area contributed by atoms with Crippen LogP contribution in [0.25, 0.3) is 0 Å². The van der Waals surface area contributed by atoms with Crippen LogP contribution in [0.5, 0.6) is 0 Å². The van der Waals surface area contributed by atoms with Crippen LogP contribution < -0.4 is 0 Å². The Kier molecular flexibility index (Phi) is 1.29. The molecular weight excluding hydrogens is 188 g/mol. The lowest BCUT2D eigenvalue weighted by atomic mass is 9.80. The molecule has 4 aliphatic rings. The Hall–Kier alpha value is -0.790. The second kappa shape index (κ2) is 2.31. The van der Waals surface area contributed by atoms with E-state index in [0.29, 0.717) is 29.0 Å². The number of ether oxygens (including phenoxy) is 1. The van der Waals surface area contributed by atoms with Crippen LogP contribution in [0.2, 0.25) is 0 Å². The van der Waals surface area contributed by atoms with Crippen LogP contribution in [0.1, 0.15) is 25.7 Å². The van der Waals surface area contributed by atoms with Crippen molar-refractivity contribution in [3.05, 3.63) is 11.8 Å². The lowest BCUT2D eigenvalue weighted by molar-refractivity contribution is -0.119. The first-order valence-electron chi connectivity index (χ1n) is 6.07. The number of carbonyl (C=O) groups is 1. The predicted molar refractivity (Wildman–Crippen MR) is 55.0 cm³/mol. The average molecular weight is 204 g/mol. The van der Waals surface area contributed by atoms with Crippen LogP contribution in [0.15, 0.2) is 11.8 Å². The summed E-state index contributed by atoms with van der Waals surface area (Å²) in [6.45, 7) is 0. The SMILES string of the molecule is COC1=CC(=O)[C@@H]2[C@H]1[C@H]1CC[C@H]2C12CC2. The van der Waals surface area contributed by atoms with E-state index in [0.717, 1.165) is 11.7 Å². The van der Waals surface area contributed by atoms with Crippen molar-refractivity contribution in [1.82, 2.24) is 0 Å². The van der Waals surface area contributed by atoms with Crippen LogP contribution in [0, 0.1) is 29.1 Å². The van der Waals surface area contributed by atoms with E-state index >= 15 is 0 Å². The fourth-order valence-corrected chi connectivity index (χ4v) is 4.95. The molecule has 0 unspecified atom stereocenters. The molecule has 15 heavy (non-hydrogen) atoms. The third-order valence-electron chi connectivity index (χ3n) is 5.52. The number of hydrogen-bond donors (Lipinski definition) is 0. The normalized spacial score (nSPS) is 48.3. The maximum Gasteiger partial charge on any atom is 0.163 e. The summed E-state index contributed by atoms with van der Waals surface area (Å²) in [6.07, 6.45) is 7.15. The molecule has 0 N–H and O–H groups in total. The molecule has 4 atom stereocenters. The molecule has 2 nitrogen and oxygen atoms in total. The van der Waals surface area contributed by atoms with E-state index in [1.165, 1.54) is 25.7 Å². The van der Waals surface area contributed by atoms with Gasteiger partial charge in [0, 0.05) is 17.9 Å². The van der Waals surface area contributed by atoms with Gasteiger partial charge >= 0.3 is 0 Å². The summed E-state index contributed by atoms with van der Waals surface area (Å²) in [7, 11) is 1.72. The molecule has 0 amide bonds. The van der Waals surface area contributed by atoms with Gasteiger partial charge < -0.3 is 4.74 Å². The highest BCUT2D eigenvalue weighted by Gasteiger charge is 2.71. The monoisotopic (exact) mass is 204 g/mol. The number of ketones is 1. The molecule has 4 aliphatic carbocycles. The van der Waals surface area contributed by atoms with E-state index in [1.54, 1.807) is 13.2 Å². The topological polar surface area (TPSA) is 26.3 Å². The molecule has 4 rings (SSSR count). The van der Waals surface area contributed by atoms with Gasteiger partial charge in [0.15, 0.2) is 5.78 Å². The first kappa shape index (κ1) is 8.37. The second-order valence-electron chi connectivity index (χ2n) is 5.73. The van der Waals surface area contributed by atoms with Gasteiger partial charge in [-0.25, -0.2) is 0 Å². The fraction of sp³-hybridized carbons (Fsp3) is 0.769. The minimum absolute atomic E-state index is 0.307. The summed E-state index contributed by atoms with van der Waals surface area (Å²) in [5.74, 6) is 3.58. The van der Waals surface area contributed by atoms with Crippen LogP contribution in [-0.4, -0.2) is 12.9 Å². The molecule has 0 saturated heterocycles. The van der Waals surface area contributed by atoms with Crippen LogP contribution >= 0.6 is 0 Å². The zero-order valence-corrected chi connectivity index (χ0v) is 9.03. The smallest absolute Gasteiger partial charge is 0.163 e. The van der Waals surface area contributed by atoms with E-state index < -0.39 is 0 Å². The molecule has 0 aromatic carbocycles. The van der Waals surface area contributed by atoms with Gasteiger partial charge in [-0.3, -0.25) is 4.79 Å². The van der Waals surface area contributed by atoms with Crippen molar-refractivity contribution in [2.45, 2.75) is 25.7 Å². The van der Waals surface area contributed by atoms with Crippen LogP contribution in [0.3, 0.4) is 0 Å². The maximum absolute atomic E-state index is 12.0. The first-order valence-corrected chi connectivity index (χ1v) is 6.07. The molecule has 3 saturated carbocycles. The molecule has 0 heterocycles. The molecule has 0 aromatic heterocycles. The number of methoxy groups -OCH3 is 1. The van der Waals surface area contributed by atoms with Gasteiger partial charge in [0.2, 0.25) is 0 Å². The van der Waals surface area contributed by atoms with Crippen LogP contribution in [-0.2, 0) is 9.53 Å². The number of fused-ring (bicyclic) bond motifs is 3. The highest BCUT2D eigenvalue weighted by molar-refractivity contribution is 5.96. The van der Waals surface area contributed by atoms with Gasteiger partial charge in [-0.05, 0) is 42.9 Å². The average Bonchev–Trinajstić information content (AvgIpc) is 2.78. The van der Waals surface area contributed by atoms with Gasteiger partial charge in [-0.15, -0.1) is 0 Å². The highest BCUT2D eigenvalue weighted by atomic mass is 16.5. The highest BCUT2D eigenvalue weighted by Crippen LogP contribution is 2.76. The zero-order chi connectivity index (χ0) is 10.2. The van der Waals surface area contributed by atoms with E-state index in [-0.39, 0.29) is 0 Å². The van der Waals surface area contributed by atoms with E-state index in [9.17, 15) is 4.79 Å². The lowest BCUT2D eigenvalue weighted by Gasteiger charge is -2.24. The Bertz CT molecular complexity index is 378. The minimum atomic E-state index is 0.307. The van der Waals surface area contributed by atoms with Crippen molar-refractivity contribution in [2.24, 2.45) is 29.1 Å². The summed E-state index contributed by atoms with van der Waals surface area (Å²) < 4.78 is 5.41. The molecule has 0 aliphatic heterocycles. The predicted octanol–water partition coefficient (Wildman–Crippen LogP) is 2.15. The Morgan fingerprint density at radius 2 is 1.93 bits per heavy atom. The summed E-state index contributed by atoms with van der Waals surface area (Å²) in [6, 6.07) is 0. The Balaban J connectivity index is 1.81. The standard InChI is InChI=1S/C13H16O2/c1-15-10-6-9(14)11-7-2-3-8(12(10)11)13(7)4-5-13/h6-8,11-12H,2-5H2,1H3/t7-,8-,11-,12+/m1/s1. The Morgan fingerprint density at radius 1 is 1.27 bits per heavy atom. The van der Waals surface area contributed by atoms with E-state index in [1.807, 2.05) is 0 Å². The van der Waals surface area contributed by atoms with Crippen molar-refractivity contribution in [2.75, 3.05) is 7.11 Å². The fourth-order valence-electron chi connectivity index (χ4n) is 4.95. The van der Waals surface area contributed by atoms with Crippen molar-refractivity contribution in [3.63, 3.8) is 0 Å². The minimum Gasteiger partial charge on any atom is -0.501 e. The van der Waals surface area contributed by atoms with Gasteiger partial charge in [-0.2, -0.15) is 0 Å². The molecule has 80 valence electrons. The molecule has 3 fully saturated rings. The molecule has 2 heteroatoms. The molecule has 0 radical (unpaired) electrons. The third kappa shape index (κ3) is 0.745. The molecule has 2 bridgehead atoms. The Labute approximate surface area is 89.7 Å². The Morgan fingerprint density at radius 3 is 2.53 bits per heavy atom. The van der Waals surface area contributed by atoms with Gasteiger partial charge in [0.05, 0.1) is 7.11 Å². The number of rotatable bonds is 1. The van der Waals surface area contributed by atoms with Gasteiger partial charge in [0.1, 0.15) is 5.76 Å². The van der Waals surface area contributed by atoms with E-state index in [4.69, 9.17) is 4.74 Å². The molecule has 1 spiro atoms.